The van der Waals surface area contributed by atoms with Gasteiger partial charge in [0.1, 0.15) is 6.10 Å². The molecular formula is C40H82N4O2S. The number of guanidine groups is 1. The van der Waals surface area contributed by atoms with E-state index in [0.717, 1.165) is 51.2 Å². The zero-order chi connectivity index (χ0) is 34.6. The highest BCUT2D eigenvalue weighted by Gasteiger charge is 2.14. The van der Waals surface area contributed by atoms with E-state index in [1.165, 1.54) is 148 Å². The number of ether oxygens (including phenoxy) is 1. The van der Waals surface area contributed by atoms with Crippen LogP contribution in [0.4, 0.5) is 0 Å². The molecule has 0 fully saturated rings. The molecule has 0 rings (SSSR count). The molecule has 6 nitrogen and oxygen atoms in total. The molecule has 0 bridgehead atoms. The Hall–Kier alpha value is -0.950. The minimum Gasteiger partial charge on any atom is -0.462 e. The molecule has 1 N–H and O–H groups in total. The van der Waals surface area contributed by atoms with E-state index < -0.39 is 0 Å². The second kappa shape index (κ2) is 36.3. The van der Waals surface area contributed by atoms with E-state index in [9.17, 15) is 4.79 Å². The first-order chi connectivity index (χ1) is 23.0. The third kappa shape index (κ3) is 32.0. The maximum Gasteiger partial charge on any atom is 0.306 e. The molecule has 0 saturated carbocycles. The van der Waals surface area contributed by atoms with Crippen molar-refractivity contribution in [3.63, 3.8) is 0 Å². The van der Waals surface area contributed by atoms with Gasteiger partial charge in [-0.3, -0.25) is 9.79 Å². The predicted octanol–water partition coefficient (Wildman–Crippen LogP) is 11.6. The number of esters is 1. The van der Waals surface area contributed by atoms with E-state index in [2.05, 4.69) is 35.3 Å². The molecule has 0 aliphatic carbocycles. The van der Waals surface area contributed by atoms with Crippen LogP contribution in [0.3, 0.4) is 0 Å². The maximum atomic E-state index is 12.8. The Morgan fingerprint density at radius 3 is 1.51 bits per heavy atom. The van der Waals surface area contributed by atoms with Crippen molar-refractivity contribution in [3.8, 4) is 0 Å². The van der Waals surface area contributed by atoms with E-state index in [1.807, 2.05) is 20.4 Å². The minimum absolute atomic E-state index is 0.0462. The van der Waals surface area contributed by atoms with Gasteiger partial charge in [0, 0.05) is 33.3 Å². The molecule has 0 atom stereocenters. The summed E-state index contributed by atoms with van der Waals surface area (Å²) in [5.41, 5.74) is 0. The van der Waals surface area contributed by atoms with Crippen LogP contribution in [0.1, 0.15) is 194 Å². The molecule has 0 saturated heterocycles. The van der Waals surface area contributed by atoms with Crippen LogP contribution < -0.4 is 4.72 Å². The molecule has 280 valence electrons. The van der Waals surface area contributed by atoms with Crippen molar-refractivity contribution in [2.75, 3.05) is 46.5 Å². The fourth-order valence-corrected chi connectivity index (χ4v) is 6.66. The highest BCUT2D eigenvalue weighted by atomic mass is 32.2. The van der Waals surface area contributed by atoms with Crippen molar-refractivity contribution >= 4 is 23.9 Å². The number of hydrogen-bond donors (Lipinski definition) is 1. The molecular weight excluding hydrogens is 601 g/mol. The summed E-state index contributed by atoms with van der Waals surface area (Å²) in [4.78, 5) is 22.3. The van der Waals surface area contributed by atoms with Crippen molar-refractivity contribution in [1.82, 2.24) is 14.5 Å². The summed E-state index contributed by atoms with van der Waals surface area (Å²) in [6, 6.07) is 0. The molecule has 0 aromatic heterocycles. The van der Waals surface area contributed by atoms with Crippen LogP contribution in [0.2, 0.25) is 0 Å². The summed E-state index contributed by atoms with van der Waals surface area (Å²) in [6.45, 7) is 11.2. The summed E-state index contributed by atoms with van der Waals surface area (Å²) in [5, 5.41) is 0. The molecule has 0 unspecified atom stereocenters. The topological polar surface area (TPSA) is 57.2 Å². The van der Waals surface area contributed by atoms with Crippen molar-refractivity contribution in [3.05, 3.63) is 0 Å². The van der Waals surface area contributed by atoms with E-state index in [4.69, 9.17) is 9.73 Å². The zero-order valence-corrected chi connectivity index (χ0v) is 33.4. The lowest BCUT2D eigenvalue weighted by Gasteiger charge is -2.22. The molecule has 0 aromatic carbocycles. The molecule has 0 aliphatic rings. The number of carbonyl (C=O) groups excluding carboxylic acids is 1. The molecule has 0 radical (unpaired) electrons. The van der Waals surface area contributed by atoms with E-state index in [1.54, 1.807) is 11.9 Å². The van der Waals surface area contributed by atoms with Gasteiger partial charge in [0.25, 0.3) is 0 Å². The van der Waals surface area contributed by atoms with Gasteiger partial charge in [-0.05, 0) is 71.0 Å². The molecule has 0 heterocycles. The Morgan fingerprint density at radius 2 is 1.04 bits per heavy atom. The molecule has 47 heavy (non-hydrogen) atoms. The Bertz CT molecular complexity index is 675. The van der Waals surface area contributed by atoms with E-state index in [-0.39, 0.29) is 12.1 Å². The lowest BCUT2D eigenvalue weighted by molar-refractivity contribution is -0.150. The van der Waals surface area contributed by atoms with E-state index in [0.29, 0.717) is 6.42 Å². The largest absolute Gasteiger partial charge is 0.462 e. The standard InChI is InChI=1S/C40H82N4O2S/c1-7-10-13-16-20-25-31-38(32-26-21-17-14-11-8-2)46-39(45)33-27-22-19-24-29-36-44(35-28-23-18-15-12-9-3)37-30-34-41-40(42-47-6)43(4)5/h38H,7-37H2,1-6H3,(H,41,42). The monoisotopic (exact) mass is 683 g/mol. The van der Waals surface area contributed by atoms with Gasteiger partial charge in [-0.25, -0.2) is 0 Å². The molecule has 0 aromatic rings. The van der Waals surface area contributed by atoms with Crippen molar-refractivity contribution in [2.24, 2.45) is 4.99 Å². The molecule has 0 aliphatic heterocycles. The van der Waals surface area contributed by atoms with Gasteiger partial charge in [-0.2, -0.15) is 0 Å². The predicted molar refractivity (Wildman–Crippen MR) is 211 cm³/mol. The van der Waals surface area contributed by atoms with Crippen molar-refractivity contribution in [1.29, 1.82) is 0 Å². The first-order valence-electron chi connectivity index (χ1n) is 20.4. The number of nitrogens with one attached hydrogen (secondary N) is 1. The fourth-order valence-electron chi connectivity index (χ4n) is 6.23. The van der Waals surface area contributed by atoms with Crippen LogP contribution in [0, 0.1) is 0 Å². The van der Waals surface area contributed by atoms with Gasteiger partial charge < -0.3 is 19.3 Å². The van der Waals surface area contributed by atoms with Crippen LogP contribution in [-0.2, 0) is 9.53 Å². The van der Waals surface area contributed by atoms with Crippen molar-refractivity contribution in [2.45, 2.75) is 200 Å². The third-order valence-electron chi connectivity index (χ3n) is 9.25. The first kappa shape index (κ1) is 46.0. The van der Waals surface area contributed by atoms with Gasteiger partial charge in [-0.15, -0.1) is 0 Å². The average Bonchev–Trinajstić information content (AvgIpc) is 3.06. The molecule has 0 spiro atoms. The number of nitrogens with zero attached hydrogens (tertiary/aromatic N) is 3. The number of aliphatic imine (C=N–C) groups is 1. The Kier molecular flexibility index (Phi) is 35.6. The highest BCUT2D eigenvalue weighted by Crippen LogP contribution is 2.18. The average molecular weight is 683 g/mol. The van der Waals surface area contributed by atoms with Gasteiger partial charge >= 0.3 is 5.97 Å². The number of hydrogen-bond acceptors (Lipinski definition) is 5. The lowest BCUT2D eigenvalue weighted by Crippen LogP contribution is -2.32. The van der Waals surface area contributed by atoms with Crippen LogP contribution in [0.5, 0.6) is 0 Å². The van der Waals surface area contributed by atoms with Crippen LogP contribution >= 0.6 is 11.9 Å². The Balaban J connectivity index is 4.43. The summed E-state index contributed by atoms with van der Waals surface area (Å²) < 4.78 is 9.34. The Morgan fingerprint density at radius 1 is 0.617 bits per heavy atom. The summed E-state index contributed by atoms with van der Waals surface area (Å²) in [6.07, 6.45) is 35.5. The van der Waals surface area contributed by atoms with Gasteiger partial charge in [0.05, 0.1) is 0 Å². The molecule has 0 amide bonds. The summed E-state index contributed by atoms with van der Waals surface area (Å²) >= 11 is 1.60. The normalized spacial score (nSPS) is 12.0. The molecule has 7 heteroatoms. The first-order valence-corrected chi connectivity index (χ1v) is 21.6. The van der Waals surface area contributed by atoms with Crippen molar-refractivity contribution < 1.29 is 9.53 Å². The SMILES string of the molecule is CCCCCCCCC(CCCCCCCC)OC(=O)CCCCCCCN(CCCCCCCC)CCCN=C(NSC)N(C)C. The number of unbranched alkanes of at least 4 members (excludes halogenated alkanes) is 19. The van der Waals surface area contributed by atoms with Gasteiger partial charge in [0.2, 0.25) is 5.96 Å². The highest BCUT2D eigenvalue weighted by molar-refractivity contribution is 7.97. The fraction of sp³-hybridized carbons (Fsp3) is 0.950. The zero-order valence-electron chi connectivity index (χ0n) is 32.6. The number of carbonyl (C=O) groups is 1. The second-order valence-corrected chi connectivity index (χ2v) is 14.7. The smallest absolute Gasteiger partial charge is 0.306 e. The number of rotatable bonds is 35. The van der Waals surface area contributed by atoms with Gasteiger partial charge in [0.15, 0.2) is 0 Å². The Labute approximate surface area is 298 Å². The maximum absolute atomic E-state index is 12.8. The van der Waals surface area contributed by atoms with Gasteiger partial charge in [-0.1, -0.05) is 148 Å². The second-order valence-electron chi connectivity index (χ2n) is 14.1. The summed E-state index contributed by atoms with van der Waals surface area (Å²) in [7, 11) is 4.09. The minimum atomic E-state index is 0.0462. The third-order valence-corrected chi connectivity index (χ3v) is 9.64. The van der Waals surface area contributed by atoms with Crippen LogP contribution in [-0.4, -0.2) is 74.4 Å². The van der Waals surface area contributed by atoms with Crippen LogP contribution in [0.15, 0.2) is 4.99 Å². The van der Waals surface area contributed by atoms with Crippen LogP contribution in [0.25, 0.3) is 0 Å². The van der Waals surface area contributed by atoms with E-state index >= 15 is 0 Å². The lowest BCUT2D eigenvalue weighted by atomic mass is 10.0. The summed E-state index contributed by atoms with van der Waals surface area (Å²) in [5.74, 6) is 1.000. The quantitative estimate of drug-likeness (QED) is 0.0236.